The van der Waals surface area contributed by atoms with E-state index < -0.39 is 0 Å². The second-order valence-electron chi connectivity index (χ2n) is 8.25. The minimum atomic E-state index is 0.300. The second kappa shape index (κ2) is 9.68. The van der Waals surface area contributed by atoms with Gasteiger partial charge in [0.15, 0.2) is 0 Å². The molecule has 4 nitrogen and oxygen atoms in total. The predicted molar refractivity (Wildman–Crippen MR) is 116 cm³/mol. The van der Waals surface area contributed by atoms with E-state index in [0.717, 1.165) is 30.0 Å². The Labute approximate surface area is 168 Å². The number of nitrogens with zero attached hydrogens (tertiary/aromatic N) is 3. The lowest BCUT2D eigenvalue weighted by Crippen LogP contribution is -2.23. The Morgan fingerprint density at radius 2 is 2.04 bits per heavy atom. The molecule has 0 amide bonds. The van der Waals surface area contributed by atoms with Gasteiger partial charge in [0.05, 0.1) is 16.9 Å². The Kier molecular flexibility index (Phi) is 7.28. The van der Waals surface area contributed by atoms with Crippen molar-refractivity contribution in [3.63, 3.8) is 0 Å². The van der Waals surface area contributed by atoms with Crippen LogP contribution in [0.5, 0.6) is 0 Å². The van der Waals surface area contributed by atoms with Gasteiger partial charge in [0, 0.05) is 23.9 Å². The number of hydrogen-bond donors (Lipinski definition) is 1. The average molecular weight is 389 g/mol. The minimum absolute atomic E-state index is 0.300. The molecule has 3 rings (SSSR count). The number of nitrogens with one attached hydrogen (secondary N) is 1. The molecule has 0 bridgehead atoms. The molecule has 2 aliphatic carbocycles. The van der Waals surface area contributed by atoms with Gasteiger partial charge in [0.1, 0.15) is 0 Å². The third kappa shape index (κ3) is 6.03. The SMILES string of the molecule is CCC(C)/N=C\C(=C(/C)CC1CC1)c1nc(NC2CCCCC2)ncc1Cl. The van der Waals surface area contributed by atoms with Crippen LogP contribution in [0.25, 0.3) is 5.57 Å². The lowest BCUT2D eigenvalue weighted by molar-refractivity contribution is 0.461. The van der Waals surface area contributed by atoms with Gasteiger partial charge in [-0.3, -0.25) is 4.99 Å². The van der Waals surface area contributed by atoms with Crippen molar-refractivity contribution in [3.05, 3.63) is 22.5 Å². The van der Waals surface area contributed by atoms with E-state index in [1.807, 2.05) is 6.21 Å². The maximum absolute atomic E-state index is 6.53. The van der Waals surface area contributed by atoms with Crippen LogP contribution in [0.1, 0.15) is 84.3 Å². The largest absolute Gasteiger partial charge is 0.351 e. The van der Waals surface area contributed by atoms with Gasteiger partial charge in [-0.25, -0.2) is 9.97 Å². The minimum Gasteiger partial charge on any atom is -0.351 e. The Hall–Kier alpha value is -1.42. The van der Waals surface area contributed by atoms with E-state index in [4.69, 9.17) is 21.6 Å². The van der Waals surface area contributed by atoms with Crippen LogP contribution in [0.3, 0.4) is 0 Å². The molecule has 1 heterocycles. The van der Waals surface area contributed by atoms with Gasteiger partial charge in [-0.2, -0.15) is 0 Å². The number of anilines is 1. The van der Waals surface area contributed by atoms with Crippen molar-refractivity contribution in [1.82, 2.24) is 9.97 Å². The maximum atomic E-state index is 6.53. The Morgan fingerprint density at radius 3 is 2.70 bits per heavy atom. The molecule has 1 atom stereocenters. The van der Waals surface area contributed by atoms with Crippen molar-refractivity contribution in [1.29, 1.82) is 0 Å². The fourth-order valence-corrected chi connectivity index (χ4v) is 3.79. The molecule has 5 heteroatoms. The van der Waals surface area contributed by atoms with E-state index in [0.29, 0.717) is 23.1 Å². The summed E-state index contributed by atoms with van der Waals surface area (Å²) < 4.78 is 0. The molecule has 148 valence electrons. The molecule has 2 saturated carbocycles. The molecule has 0 saturated heterocycles. The Morgan fingerprint density at radius 1 is 1.30 bits per heavy atom. The highest BCUT2D eigenvalue weighted by Crippen LogP contribution is 2.37. The highest BCUT2D eigenvalue weighted by molar-refractivity contribution is 6.33. The summed E-state index contributed by atoms with van der Waals surface area (Å²) in [6.45, 7) is 6.50. The van der Waals surface area contributed by atoms with Crippen LogP contribution in [0, 0.1) is 5.92 Å². The van der Waals surface area contributed by atoms with Gasteiger partial charge >= 0.3 is 0 Å². The molecule has 2 fully saturated rings. The molecule has 0 aliphatic heterocycles. The standard InChI is InChI=1S/C22H33ClN4/c1-4-16(3)24-13-19(15(2)12-17-10-11-17)21-20(23)14-25-22(27-21)26-18-8-6-5-7-9-18/h13-14,16-18H,4-12H2,1-3H3,(H,25,26,27)/b19-15-,24-13-. The molecule has 1 aromatic rings. The van der Waals surface area contributed by atoms with E-state index in [-0.39, 0.29) is 0 Å². The van der Waals surface area contributed by atoms with Gasteiger partial charge in [0.25, 0.3) is 0 Å². The predicted octanol–water partition coefficient (Wildman–Crippen LogP) is 6.32. The van der Waals surface area contributed by atoms with Crippen molar-refractivity contribution < 1.29 is 0 Å². The van der Waals surface area contributed by atoms with Crippen LogP contribution in [0.2, 0.25) is 5.02 Å². The Balaban J connectivity index is 1.87. The molecule has 1 unspecified atom stereocenters. The summed E-state index contributed by atoms with van der Waals surface area (Å²) in [4.78, 5) is 14.0. The molecular formula is C22H33ClN4. The second-order valence-corrected chi connectivity index (χ2v) is 8.65. The van der Waals surface area contributed by atoms with Crippen molar-refractivity contribution in [2.45, 2.75) is 90.6 Å². The lowest BCUT2D eigenvalue weighted by atomic mass is 9.96. The summed E-state index contributed by atoms with van der Waals surface area (Å²) in [6, 6.07) is 0.774. The topological polar surface area (TPSA) is 50.2 Å². The number of rotatable bonds is 8. The van der Waals surface area contributed by atoms with Gasteiger partial charge in [-0.05, 0) is 58.3 Å². The van der Waals surface area contributed by atoms with Crippen molar-refractivity contribution in [2.75, 3.05) is 5.32 Å². The van der Waals surface area contributed by atoms with Crippen LogP contribution in [-0.4, -0.2) is 28.3 Å². The molecule has 1 aromatic heterocycles. The number of allylic oxidation sites excluding steroid dienone is 2. The first-order valence-electron chi connectivity index (χ1n) is 10.6. The lowest BCUT2D eigenvalue weighted by Gasteiger charge is -2.23. The van der Waals surface area contributed by atoms with Crippen molar-refractivity contribution in [2.24, 2.45) is 10.9 Å². The quantitative estimate of drug-likeness (QED) is 0.530. The fraction of sp³-hybridized carbons (Fsp3) is 0.682. The smallest absolute Gasteiger partial charge is 0.223 e. The molecule has 0 spiro atoms. The highest BCUT2D eigenvalue weighted by atomic mass is 35.5. The molecule has 27 heavy (non-hydrogen) atoms. The molecule has 0 radical (unpaired) electrons. The van der Waals surface area contributed by atoms with E-state index in [9.17, 15) is 0 Å². The van der Waals surface area contributed by atoms with E-state index in [1.54, 1.807) is 6.20 Å². The zero-order chi connectivity index (χ0) is 19.2. The van der Waals surface area contributed by atoms with Crippen LogP contribution >= 0.6 is 11.6 Å². The summed E-state index contributed by atoms with van der Waals surface area (Å²) in [5.41, 5.74) is 3.21. The van der Waals surface area contributed by atoms with Crippen molar-refractivity contribution >= 4 is 29.3 Å². The van der Waals surface area contributed by atoms with Gasteiger partial charge in [-0.1, -0.05) is 43.4 Å². The third-order valence-electron chi connectivity index (χ3n) is 5.74. The third-order valence-corrected chi connectivity index (χ3v) is 6.01. The molecular weight excluding hydrogens is 356 g/mol. The normalized spacial score (nSPS) is 20.6. The number of aromatic nitrogens is 2. The van der Waals surface area contributed by atoms with Crippen molar-refractivity contribution in [3.8, 4) is 0 Å². The fourth-order valence-electron chi connectivity index (χ4n) is 3.60. The van der Waals surface area contributed by atoms with Crippen LogP contribution in [-0.2, 0) is 0 Å². The van der Waals surface area contributed by atoms with E-state index >= 15 is 0 Å². The number of halogens is 1. The van der Waals surface area contributed by atoms with Crippen LogP contribution in [0.15, 0.2) is 16.8 Å². The molecule has 1 N–H and O–H groups in total. The van der Waals surface area contributed by atoms with Crippen LogP contribution in [0.4, 0.5) is 5.95 Å². The highest BCUT2D eigenvalue weighted by Gasteiger charge is 2.23. The summed E-state index contributed by atoms with van der Waals surface area (Å²) in [6.07, 6.45) is 14.8. The van der Waals surface area contributed by atoms with Gasteiger partial charge in [0.2, 0.25) is 5.95 Å². The Bertz CT molecular complexity index is 688. The van der Waals surface area contributed by atoms with E-state index in [1.165, 1.54) is 50.5 Å². The molecule has 2 aliphatic rings. The zero-order valence-electron chi connectivity index (χ0n) is 17.0. The zero-order valence-corrected chi connectivity index (χ0v) is 17.7. The van der Waals surface area contributed by atoms with E-state index in [2.05, 4.69) is 31.1 Å². The summed E-state index contributed by atoms with van der Waals surface area (Å²) in [5.74, 6) is 1.51. The maximum Gasteiger partial charge on any atom is 0.223 e. The first-order chi connectivity index (χ1) is 13.1. The van der Waals surface area contributed by atoms with Gasteiger partial charge < -0.3 is 5.32 Å². The first-order valence-corrected chi connectivity index (χ1v) is 11.0. The van der Waals surface area contributed by atoms with Crippen LogP contribution < -0.4 is 5.32 Å². The van der Waals surface area contributed by atoms with Gasteiger partial charge in [-0.15, -0.1) is 0 Å². The monoisotopic (exact) mass is 388 g/mol. The summed E-state index contributed by atoms with van der Waals surface area (Å²) in [7, 11) is 0. The average Bonchev–Trinajstić information content (AvgIpc) is 3.48. The molecule has 0 aromatic carbocycles. The number of hydrogen-bond acceptors (Lipinski definition) is 4. The summed E-state index contributed by atoms with van der Waals surface area (Å²) >= 11 is 6.53. The summed E-state index contributed by atoms with van der Waals surface area (Å²) in [5, 5.41) is 4.13. The number of aliphatic imine (C=N–C) groups is 1. The first kappa shape index (κ1) is 20.3.